The summed E-state index contributed by atoms with van der Waals surface area (Å²) in [6.07, 6.45) is 7.00. The quantitative estimate of drug-likeness (QED) is 0.400. The van der Waals surface area contributed by atoms with Crippen molar-refractivity contribution in [3.63, 3.8) is 0 Å². The van der Waals surface area contributed by atoms with Crippen molar-refractivity contribution in [2.24, 2.45) is 0 Å². The average molecular weight is 395 g/mol. The Morgan fingerprint density at radius 3 is 2.20 bits per heavy atom. The summed E-state index contributed by atoms with van der Waals surface area (Å²) in [5.41, 5.74) is 6.05. The van der Waals surface area contributed by atoms with Gasteiger partial charge in [-0.1, -0.05) is 6.07 Å². The summed E-state index contributed by atoms with van der Waals surface area (Å²) in [5, 5.41) is 9.57. The number of hydrogen-bond donors (Lipinski definition) is 3. The van der Waals surface area contributed by atoms with Crippen LogP contribution in [0.15, 0.2) is 91.5 Å². The number of amides is 1. The lowest BCUT2D eigenvalue weighted by molar-refractivity contribution is 0.102. The smallest absolute Gasteiger partial charge is 0.255 e. The Bertz CT molecular complexity index is 1140. The molecule has 30 heavy (non-hydrogen) atoms. The number of hydrogen-bond acceptors (Lipinski definition) is 5. The lowest BCUT2D eigenvalue weighted by atomic mass is 10.1. The van der Waals surface area contributed by atoms with Crippen LogP contribution in [0.1, 0.15) is 15.9 Å². The molecule has 4 rings (SSSR count). The zero-order chi connectivity index (χ0) is 20.8. The van der Waals surface area contributed by atoms with Crippen molar-refractivity contribution in [3.05, 3.63) is 103 Å². The van der Waals surface area contributed by atoms with Crippen LogP contribution in [0.3, 0.4) is 0 Å². The minimum absolute atomic E-state index is 0.164. The zero-order valence-corrected chi connectivity index (χ0v) is 16.5. The number of carbonyl (C=O) groups excluding carboxylic acids is 1. The fourth-order valence-electron chi connectivity index (χ4n) is 2.95. The molecule has 2 heterocycles. The Morgan fingerprint density at radius 2 is 1.43 bits per heavy atom. The maximum atomic E-state index is 12.6. The maximum absolute atomic E-state index is 12.6. The van der Waals surface area contributed by atoms with Crippen LogP contribution < -0.4 is 16.0 Å². The van der Waals surface area contributed by atoms with Crippen molar-refractivity contribution in [1.82, 2.24) is 9.97 Å². The van der Waals surface area contributed by atoms with Crippen molar-refractivity contribution >= 4 is 34.3 Å². The van der Waals surface area contributed by atoms with Crippen molar-refractivity contribution in [1.29, 1.82) is 0 Å². The van der Waals surface area contributed by atoms with Crippen molar-refractivity contribution in [3.8, 4) is 0 Å². The molecule has 0 saturated carbocycles. The fraction of sp³-hybridized carbons (Fsp3) is 0.0417. The van der Waals surface area contributed by atoms with Crippen LogP contribution in [0, 0.1) is 6.92 Å². The number of benzene rings is 2. The topological polar surface area (TPSA) is 78.9 Å². The van der Waals surface area contributed by atoms with Gasteiger partial charge in [0, 0.05) is 58.8 Å². The molecular weight excluding hydrogens is 374 g/mol. The van der Waals surface area contributed by atoms with Gasteiger partial charge < -0.3 is 16.0 Å². The molecule has 0 bridgehead atoms. The monoisotopic (exact) mass is 395 g/mol. The number of rotatable bonds is 6. The first-order valence-electron chi connectivity index (χ1n) is 9.53. The molecule has 0 aliphatic heterocycles. The standard InChI is InChI=1S/C24H21N5O/c1-17-16-26-14-11-23(17)28-21-3-2-4-22(15-21)29-24(30)18-5-7-19(8-6-18)27-20-9-12-25-13-10-20/h2-16H,1H3,(H,25,27)(H,26,28)(H,29,30). The van der Waals surface area contributed by atoms with Gasteiger partial charge in [0.2, 0.25) is 0 Å². The van der Waals surface area contributed by atoms with E-state index in [1.165, 1.54) is 0 Å². The molecule has 148 valence electrons. The highest BCUT2D eigenvalue weighted by molar-refractivity contribution is 6.04. The first-order chi connectivity index (χ1) is 14.7. The molecule has 0 radical (unpaired) electrons. The predicted octanol–water partition coefficient (Wildman–Crippen LogP) is 5.52. The number of anilines is 5. The molecular formula is C24H21N5O. The Labute approximate surface area is 175 Å². The van der Waals surface area contributed by atoms with Gasteiger partial charge >= 0.3 is 0 Å². The highest BCUT2D eigenvalue weighted by atomic mass is 16.1. The van der Waals surface area contributed by atoms with E-state index in [1.54, 1.807) is 36.9 Å². The third-order valence-corrected chi connectivity index (χ3v) is 4.54. The molecule has 1 amide bonds. The van der Waals surface area contributed by atoms with E-state index in [9.17, 15) is 4.79 Å². The molecule has 6 nitrogen and oxygen atoms in total. The summed E-state index contributed by atoms with van der Waals surface area (Å²) in [7, 11) is 0. The second-order valence-corrected chi connectivity index (χ2v) is 6.79. The highest BCUT2D eigenvalue weighted by Crippen LogP contribution is 2.23. The summed E-state index contributed by atoms with van der Waals surface area (Å²) in [6.45, 7) is 1.99. The molecule has 4 aromatic rings. The van der Waals surface area contributed by atoms with Crippen LogP contribution in [-0.2, 0) is 0 Å². The van der Waals surface area contributed by atoms with E-state index < -0.39 is 0 Å². The minimum atomic E-state index is -0.164. The van der Waals surface area contributed by atoms with E-state index >= 15 is 0 Å². The second-order valence-electron chi connectivity index (χ2n) is 6.79. The molecule has 2 aromatic heterocycles. The van der Waals surface area contributed by atoms with E-state index in [2.05, 4.69) is 25.9 Å². The van der Waals surface area contributed by atoms with Crippen LogP contribution in [0.2, 0.25) is 0 Å². The molecule has 0 atom stereocenters. The Morgan fingerprint density at radius 1 is 0.733 bits per heavy atom. The van der Waals surface area contributed by atoms with E-state index in [4.69, 9.17) is 0 Å². The van der Waals surface area contributed by atoms with Gasteiger partial charge in [-0.15, -0.1) is 0 Å². The first kappa shape index (κ1) is 19.1. The molecule has 2 aromatic carbocycles. The highest BCUT2D eigenvalue weighted by Gasteiger charge is 2.07. The summed E-state index contributed by atoms with van der Waals surface area (Å²) < 4.78 is 0. The van der Waals surface area contributed by atoms with Gasteiger partial charge in [0.1, 0.15) is 0 Å². The third-order valence-electron chi connectivity index (χ3n) is 4.54. The van der Waals surface area contributed by atoms with Gasteiger partial charge in [0.05, 0.1) is 0 Å². The number of nitrogens with one attached hydrogen (secondary N) is 3. The normalized spacial score (nSPS) is 10.3. The lowest BCUT2D eigenvalue weighted by Crippen LogP contribution is -2.11. The molecule has 0 aliphatic carbocycles. The summed E-state index contributed by atoms with van der Waals surface area (Å²) in [6, 6.07) is 20.6. The zero-order valence-electron chi connectivity index (χ0n) is 16.5. The lowest BCUT2D eigenvalue weighted by Gasteiger charge is -2.11. The largest absolute Gasteiger partial charge is 0.355 e. The number of pyridine rings is 2. The number of nitrogens with zero attached hydrogens (tertiary/aromatic N) is 2. The van der Waals surface area contributed by atoms with Gasteiger partial charge in [-0.2, -0.15) is 0 Å². The Hall–Kier alpha value is -4.19. The fourth-order valence-corrected chi connectivity index (χ4v) is 2.95. The van der Waals surface area contributed by atoms with E-state index in [0.717, 1.165) is 34.0 Å². The average Bonchev–Trinajstić information content (AvgIpc) is 2.77. The summed E-state index contributed by atoms with van der Waals surface area (Å²) in [4.78, 5) is 20.7. The van der Waals surface area contributed by atoms with Crippen LogP contribution in [-0.4, -0.2) is 15.9 Å². The molecule has 0 unspecified atom stereocenters. The van der Waals surface area contributed by atoms with Gasteiger partial charge in [0.15, 0.2) is 0 Å². The molecule has 0 aliphatic rings. The van der Waals surface area contributed by atoms with E-state index in [0.29, 0.717) is 5.56 Å². The van der Waals surface area contributed by atoms with E-state index in [1.807, 2.05) is 61.5 Å². The van der Waals surface area contributed by atoms with Gasteiger partial charge in [-0.3, -0.25) is 14.8 Å². The van der Waals surface area contributed by atoms with Crippen molar-refractivity contribution < 1.29 is 4.79 Å². The van der Waals surface area contributed by atoms with Gasteiger partial charge in [-0.25, -0.2) is 0 Å². The Kier molecular flexibility index (Phi) is 5.66. The number of aryl methyl sites for hydroxylation is 1. The predicted molar refractivity (Wildman–Crippen MR) is 121 cm³/mol. The minimum Gasteiger partial charge on any atom is -0.355 e. The summed E-state index contributed by atoms with van der Waals surface area (Å²) >= 11 is 0. The second kappa shape index (κ2) is 8.87. The van der Waals surface area contributed by atoms with Crippen LogP contribution in [0.25, 0.3) is 0 Å². The van der Waals surface area contributed by atoms with E-state index in [-0.39, 0.29) is 5.91 Å². The first-order valence-corrected chi connectivity index (χ1v) is 9.53. The molecule has 6 heteroatoms. The van der Waals surface area contributed by atoms with Crippen LogP contribution in [0.4, 0.5) is 28.4 Å². The molecule has 0 spiro atoms. The van der Waals surface area contributed by atoms with Crippen LogP contribution in [0.5, 0.6) is 0 Å². The molecule has 0 fully saturated rings. The molecule has 0 saturated heterocycles. The maximum Gasteiger partial charge on any atom is 0.255 e. The number of carbonyl (C=O) groups is 1. The van der Waals surface area contributed by atoms with Crippen LogP contribution >= 0.6 is 0 Å². The summed E-state index contributed by atoms with van der Waals surface area (Å²) in [5.74, 6) is -0.164. The van der Waals surface area contributed by atoms with Gasteiger partial charge in [0.25, 0.3) is 5.91 Å². The third kappa shape index (κ3) is 4.80. The number of aromatic nitrogens is 2. The van der Waals surface area contributed by atoms with Crippen molar-refractivity contribution in [2.45, 2.75) is 6.92 Å². The SMILES string of the molecule is Cc1cnccc1Nc1cccc(NC(=O)c2ccc(Nc3ccncc3)cc2)c1. The Balaban J connectivity index is 1.42. The van der Waals surface area contributed by atoms with Crippen molar-refractivity contribution in [2.75, 3.05) is 16.0 Å². The van der Waals surface area contributed by atoms with Gasteiger partial charge in [-0.05, 0) is 73.2 Å². The molecule has 3 N–H and O–H groups in total.